The van der Waals surface area contributed by atoms with E-state index in [1.807, 2.05) is 42.5 Å². The molecule has 0 aromatic heterocycles. The van der Waals surface area contributed by atoms with Crippen LogP contribution in [0.3, 0.4) is 0 Å². The summed E-state index contributed by atoms with van der Waals surface area (Å²) in [5.74, 6) is 0.177. The number of carbonyl (C=O) groups excluding carboxylic acids is 1. The third-order valence-corrected chi connectivity index (χ3v) is 7.89. The lowest BCUT2D eigenvalue weighted by Gasteiger charge is -2.31. The highest BCUT2D eigenvalue weighted by atomic mass is 35.5. The number of nitrogens with one attached hydrogen (secondary N) is 1. The highest BCUT2D eigenvalue weighted by molar-refractivity contribution is 7.88. The summed E-state index contributed by atoms with van der Waals surface area (Å²) in [5, 5.41) is 5.59. The van der Waals surface area contributed by atoms with E-state index in [4.69, 9.17) is 16.3 Å². The number of fused-ring (bicyclic) bond motifs is 1. The fourth-order valence-electron chi connectivity index (χ4n) is 4.09. The van der Waals surface area contributed by atoms with Crippen LogP contribution in [-0.4, -0.2) is 44.9 Å². The SMILES string of the molecule is O=C(NCCOc1cccc2ccccc12)C1CCCN(S(=O)(=O)Cc2ccc(Cl)cc2)C1. The summed E-state index contributed by atoms with van der Waals surface area (Å²) in [4.78, 5) is 12.7. The number of halogens is 1. The Morgan fingerprint density at radius 3 is 2.64 bits per heavy atom. The first-order valence-electron chi connectivity index (χ1n) is 11.0. The van der Waals surface area contributed by atoms with E-state index in [1.54, 1.807) is 24.3 Å². The maximum Gasteiger partial charge on any atom is 0.224 e. The number of piperidine rings is 1. The van der Waals surface area contributed by atoms with Crippen molar-refractivity contribution in [1.82, 2.24) is 9.62 Å². The molecule has 1 fully saturated rings. The third kappa shape index (κ3) is 6.05. The second kappa shape index (κ2) is 10.5. The van der Waals surface area contributed by atoms with Gasteiger partial charge in [0.05, 0.1) is 18.2 Å². The summed E-state index contributed by atoms with van der Waals surface area (Å²) in [6.45, 7) is 1.33. The van der Waals surface area contributed by atoms with E-state index in [0.717, 1.165) is 16.5 Å². The van der Waals surface area contributed by atoms with E-state index >= 15 is 0 Å². The van der Waals surface area contributed by atoms with Crippen LogP contribution in [0, 0.1) is 5.92 Å². The molecule has 1 aliphatic rings. The van der Waals surface area contributed by atoms with Crippen molar-refractivity contribution in [3.05, 3.63) is 77.3 Å². The lowest BCUT2D eigenvalue weighted by molar-refractivity contribution is -0.126. The van der Waals surface area contributed by atoms with Gasteiger partial charge in [0.15, 0.2) is 0 Å². The molecule has 0 aliphatic carbocycles. The normalized spacial score (nSPS) is 17.1. The summed E-state index contributed by atoms with van der Waals surface area (Å²) in [6, 6.07) is 20.6. The van der Waals surface area contributed by atoms with Crippen molar-refractivity contribution in [1.29, 1.82) is 0 Å². The minimum atomic E-state index is -3.51. The highest BCUT2D eigenvalue weighted by Gasteiger charge is 2.32. The van der Waals surface area contributed by atoms with Gasteiger partial charge >= 0.3 is 0 Å². The molecule has 0 saturated carbocycles. The van der Waals surface area contributed by atoms with Crippen molar-refractivity contribution in [2.75, 3.05) is 26.2 Å². The zero-order valence-corrected chi connectivity index (χ0v) is 19.8. The van der Waals surface area contributed by atoms with Gasteiger partial charge in [0.25, 0.3) is 0 Å². The molecule has 33 heavy (non-hydrogen) atoms. The average molecular weight is 487 g/mol. The summed E-state index contributed by atoms with van der Waals surface area (Å²) < 4.78 is 33.1. The van der Waals surface area contributed by atoms with Crippen molar-refractivity contribution < 1.29 is 17.9 Å². The van der Waals surface area contributed by atoms with E-state index in [1.165, 1.54) is 4.31 Å². The molecule has 1 unspecified atom stereocenters. The van der Waals surface area contributed by atoms with E-state index < -0.39 is 10.0 Å². The molecule has 1 aliphatic heterocycles. The summed E-state index contributed by atoms with van der Waals surface area (Å²) in [6.07, 6.45) is 1.33. The molecule has 1 amide bonds. The molecule has 1 N–H and O–H groups in total. The standard InChI is InChI=1S/C25H27ClN2O4S/c26-22-12-10-19(11-13-22)18-33(30,31)28-15-4-7-21(17-28)25(29)27-14-16-32-24-9-3-6-20-5-1-2-8-23(20)24/h1-3,5-6,8-13,21H,4,7,14-18H2,(H,27,29). The van der Waals surface area contributed by atoms with E-state index in [-0.39, 0.29) is 24.1 Å². The first-order valence-corrected chi connectivity index (χ1v) is 13.0. The van der Waals surface area contributed by atoms with Crippen molar-refractivity contribution in [2.45, 2.75) is 18.6 Å². The molecule has 3 aromatic rings. The van der Waals surface area contributed by atoms with Gasteiger partial charge < -0.3 is 10.1 Å². The molecule has 4 rings (SSSR count). The largest absolute Gasteiger partial charge is 0.491 e. The predicted octanol–water partition coefficient (Wildman–Crippen LogP) is 4.23. The quantitative estimate of drug-likeness (QED) is 0.483. The number of rotatable bonds is 8. The number of ether oxygens (including phenoxy) is 1. The Hall–Kier alpha value is -2.61. The molecule has 6 nitrogen and oxygen atoms in total. The Morgan fingerprint density at radius 1 is 1.06 bits per heavy atom. The van der Waals surface area contributed by atoms with Gasteiger partial charge in [-0.25, -0.2) is 12.7 Å². The van der Waals surface area contributed by atoms with Crippen LogP contribution in [0.25, 0.3) is 10.8 Å². The summed E-state index contributed by atoms with van der Waals surface area (Å²) in [5.41, 5.74) is 0.677. The van der Waals surface area contributed by atoms with Gasteiger partial charge in [-0.3, -0.25) is 4.79 Å². The number of hydrogen-bond donors (Lipinski definition) is 1. The number of sulfonamides is 1. The predicted molar refractivity (Wildman–Crippen MR) is 131 cm³/mol. The number of nitrogens with zero attached hydrogens (tertiary/aromatic N) is 1. The maximum absolute atomic E-state index is 12.9. The molecule has 1 saturated heterocycles. The molecule has 3 aromatic carbocycles. The van der Waals surface area contributed by atoms with Crippen LogP contribution in [0.5, 0.6) is 5.75 Å². The Kier molecular flexibility index (Phi) is 7.53. The number of amides is 1. The Balaban J connectivity index is 1.28. The van der Waals surface area contributed by atoms with Gasteiger partial charge in [-0.1, -0.05) is 60.1 Å². The second-order valence-electron chi connectivity index (χ2n) is 8.20. The fourth-order valence-corrected chi connectivity index (χ4v) is 5.83. The average Bonchev–Trinajstić information content (AvgIpc) is 2.83. The number of benzene rings is 3. The van der Waals surface area contributed by atoms with E-state index in [0.29, 0.717) is 43.1 Å². The van der Waals surface area contributed by atoms with Crippen LogP contribution in [0.2, 0.25) is 5.02 Å². The van der Waals surface area contributed by atoms with Crippen LogP contribution in [-0.2, 0) is 20.6 Å². The zero-order valence-electron chi connectivity index (χ0n) is 18.2. The van der Waals surface area contributed by atoms with Gasteiger partial charge in [0, 0.05) is 23.5 Å². The molecule has 1 atom stereocenters. The summed E-state index contributed by atoms with van der Waals surface area (Å²) in [7, 11) is -3.51. The molecule has 1 heterocycles. The minimum absolute atomic E-state index is 0.0998. The van der Waals surface area contributed by atoms with Crippen LogP contribution in [0.15, 0.2) is 66.7 Å². The van der Waals surface area contributed by atoms with Crippen LogP contribution >= 0.6 is 11.6 Å². The van der Waals surface area contributed by atoms with Crippen molar-refractivity contribution in [3.8, 4) is 5.75 Å². The Bertz CT molecular complexity index is 1210. The third-order valence-electron chi connectivity index (χ3n) is 5.82. The van der Waals surface area contributed by atoms with Crippen LogP contribution in [0.1, 0.15) is 18.4 Å². The Labute approximate surface area is 199 Å². The molecular weight excluding hydrogens is 460 g/mol. The lowest BCUT2D eigenvalue weighted by Crippen LogP contribution is -2.46. The first kappa shape index (κ1) is 23.5. The Morgan fingerprint density at radius 2 is 1.82 bits per heavy atom. The van der Waals surface area contributed by atoms with Gasteiger partial charge in [0.1, 0.15) is 12.4 Å². The molecule has 0 radical (unpaired) electrons. The smallest absolute Gasteiger partial charge is 0.224 e. The molecule has 0 spiro atoms. The fraction of sp³-hybridized carbons (Fsp3) is 0.320. The van der Waals surface area contributed by atoms with Gasteiger partial charge in [-0.15, -0.1) is 0 Å². The molecule has 0 bridgehead atoms. The van der Waals surface area contributed by atoms with E-state index in [2.05, 4.69) is 5.32 Å². The highest BCUT2D eigenvalue weighted by Crippen LogP contribution is 2.25. The monoisotopic (exact) mass is 486 g/mol. The van der Waals surface area contributed by atoms with Crippen molar-refractivity contribution in [2.24, 2.45) is 5.92 Å². The number of carbonyl (C=O) groups is 1. The zero-order chi connectivity index (χ0) is 23.3. The topological polar surface area (TPSA) is 75.7 Å². The first-order chi connectivity index (χ1) is 15.9. The minimum Gasteiger partial charge on any atom is -0.491 e. The number of hydrogen-bond acceptors (Lipinski definition) is 4. The summed E-state index contributed by atoms with van der Waals surface area (Å²) >= 11 is 5.88. The van der Waals surface area contributed by atoms with Crippen LogP contribution in [0.4, 0.5) is 0 Å². The molecule has 174 valence electrons. The lowest BCUT2D eigenvalue weighted by atomic mass is 9.99. The maximum atomic E-state index is 12.9. The molecular formula is C25H27ClN2O4S. The van der Waals surface area contributed by atoms with Gasteiger partial charge in [-0.05, 0) is 42.0 Å². The van der Waals surface area contributed by atoms with Crippen molar-refractivity contribution in [3.63, 3.8) is 0 Å². The van der Waals surface area contributed by atoms with Gasteiger partial charge in [0.2, 0.25) is 15.9 Å². The van der Waals surface area contributed by atoms with E-state index in [9.17, 15) is 13.2 Å². The second-order valence-corrected chi connectivity index (χ2v) is 10.6. The molecule has 8 heteroatoms. The van der Waals surface area contributed by atoms with Gasteiger partial charge in [-0.2, -0.15) is 0 Å². The van der Waals surface area contributed by atoms with Crippen LogP contribution < -0.4 is 10.1 Å². The van der Waals surface area contributed by atoms with Crippen molar-refractivity contribution >= 4 is 38.3 Å².